The van der Waals surface area contributed by atoms with Gasteiger partial charge in [0.15, 0.2) is 0 Å². The largest absolute Gasteiger partial charge is 0.332 e. The van der Waals surface area contributed by atoms with Gasteiger partial charge in [0.2, 0.25) is 35.4 Å². The number of rotatable bonds is 13. The number of benzene rings is 3. The van der Waals surface area contributed by atoms with Crippen LogP contribution in [-0.4, -0.2) is 137 Å². The van der Waals surface area contributed by atoms with E-state index in [9.17, 15) is 28.8 Å². The fraction of sp³-hybridized carbons (Fsp3) is 0.489. The van der Waals surface area contributed by atoms with Gasteiger partial charge in [-0.2, -0.15) is 0 Å². The van der Waals surface area contributed by atoms with Gasteiger partial charge in [0.05, 0.1) is 19.6 Å². The van der Waals surface area contributed by atoms with Crippen LogP contribution in [0.4, 0.5) is 0 Å². The molecule has 1 heterocycles. The van der Waals surface area contributed by atoms with Crippen molar-refractivity contribution in [2.75, 3.05) is 72.0 Å². The van der Waals surface area contributed by atoms with Crippen LogP contribution < -0.4 is 11.5 Å². The van der Waals surface area contributed by atoms with Crippen LogP contribution in [0.5, 0.6) is 0 Å². The molecular formula is C47H66N8O6. The third-order valence-corrected chi connectivity index (χ3v) is 10.6. The summed E-state index contributed by atoms with van der Waals surface area (Å²) in [6.07, 6.45) is 1.34. The van der Waals surface area contributed by atoms with E-state index in [4.69, 9.17) is 11.5 Å². The summed E-state index contributed by atoms with van der Waals surface area (Å²) in [5.41, 5.74) is 20.3. The highest BCUT2D eigenvalue weighted by Crippen LogP contribution is 2.17. The minimum atomic E-state index is -0.512. The fourth-order valence-electron chi connectivity index (χ4n) is 7.95. The predicted molar refractivity (Wildman–Crippen MR) is 237 cm³/mol. The topological polar surface area (TPSA) is 174 Å². The number of hydrogen-bond acceptors (Lipinski definition) is 8. The second-order valence-corrected chi connectivity index (χ2v) is 16.6. The summed E-state index contributed by atoms with van der Waals surface area (Å²) in [6, 6.07) is 17.7. The smallest absolute Gasteiger partial charge is 0.242 e. The molecule has 4 N–H and O–H groups in total. The Labute approximate surface area is 361 Å². The van der Waals surface area contributed by atoms with Gasteiger partial charge >= 0.3 is 0 Å². The van der Waals surface area contributed by atoms with E-state index < -0.39 is 55.1 Å². The van der Waals surface area contributed by atoms with Gasteiger partial charge in [-0.05, 0) is 64.7 Å². The molecule has 0 aromatic heterocycles. The molecule has 0 unspecified atom stereocenters. The van der Waals surface area contributed by atoms with Gasteiger partial charge in [-0.25, -0.2) is 0 Å². The van der Waals surface area contributed by atoms with Crippen molar-refractivity contribution in [2.24, 2.45) is 11.5 Å². The van der Waals surface area contributed by atoms with E-state index in [1.165, 1.54) is 29.4 Å². The Bertz CT molecular complexity index is 1940. The van der Waals surface area contributed by atoms with Crippen molar-refractivity contribution in [3.05, 3.63) is 105 Å². The summed E-state index contributed by atoms with van der Waals surface area (Å²) in [5, 5.41) is 0. The Kier molecular flexibility index (Phi) is 18.0. The van der Waals surface area contributed by atoms with Crippen molar-refractivity contribution in [3.8, 4) is 0 Å². The lowest BCUT2D eigenvalue weighted by atomic mass is 10.1. The Morgan fingerprint density at radius 2 is 0.607 bits per heavy atom. The average molecular weight is 839 g/mol. The molecular weight excluding hydrogens is 773 g/mol. The van der Waals surface area contributed by atoms with Crippen molar-refractivity contribution in [1.29, 1.82) is 0 Å². The number of carbonyl (C=O) groups is 6. The molecule has 1 aliphatic heterocycles. The molecule has 14 nitrogen and oxygen atoms in total. The fourth-order valence-corrected chi connectivity index (χ4v) is 7.95. The van der Waals surface area contributed by atoms with Gasteiger partial charge in [0, 0.05) is 52.4 Å². The lowest BCUT2D eigenvalue weighted by molar-refractivity contribution is -0.150. The summed E-state index contributed by atoms with van der Waals surface area (Å²) >= 11 is 0. The number of nitrogens with zero attached hydrogens (tertiary/aromatic N) is 6. The van der Waals surface area contributed by atoms with E-state index in [-0.39, 0.29) is 72.0 Å². The molecule has 61 heavy (non-hydrogen) atoms. The second-order valence-electron chi connectivity index (χ2n) is 16.6. The van der Waals surface area contributed by atoms with Crippen LogP contribution in [0.15, 0.2) is 54.6 Å². The van der Waals surface area contributed by atoms with Crippen molar-refractivity contribution < 1.29 is 28.8 Å². The minimum absolute atomic E-state index is 0.0205. The van der Waals surface area contributed by atoms with E-state index >= 15 is 0 Å². The monoisotopic (exact) mass is 839 g/mol. The van der Waals surface area contributed by atoms with Crippen LogP contribution in [0, 0.1) is 41.5 Å². The van der Waals surface area contributed by atoms with Crippen LogP contribution in [0.25, 0.3) is 0 Å². The first-order valence-corrected chi connectivity index (χ1v) is 21.3. The summed E-state index contributed by atoms with van der Waals surface area (Å²) in [4.78, 5) is 94.5. The normalized spacial score (nSPS) is 15.9. The average Bonchev–Trinajstić information content (AvgIpc) is 3.16. The zero-order chi connectivity index (χ0) is 44.8. The summed E-state index contributed by atoms with van der Waals surface area (Å²) in [5.74, 6) is -2.90. The zero-order valence-corrected chi connectivity index (χ0v) is 37.3. The number of aryl methyl sites for hydroxylation is 6. The van der Waals surface area contributed by atoms with Crippen molar-refractivity contribution in [1.82, 2.24) is 29.4 Å². The first kappa shape index (κ1) is 48.1. The maximum atomic E-state index is 14.5. The second kappa shape index (κ2) is 22.8. The Balaban J connectivity index is 1.84. The maximum Gasteiger partial charge on any atom is 0.242 e. The molecule has 1 fully saturated rings. The Morgan fingerprint density at radius 1 is 0.377 bits per heavy atom. The van der Waals surface area contributed by atoms with Crippen LogP contribution in [0.2, 0.25) is 0 Å². The molecule has 0 radical (unpaired) electrons. The van der Waals surface area contributed by atoms with E-state index in [1.807, 2.05) is 103 Å². The van der Waals surface area contributed by atoms with Crippen LogP contribution in [0.3, 0.4) is 0 Å². The van der Waals surface area contributed by atoms with Gasteiger partial charge < -0.3 is 40.9 Å². The SMILES string of the molecule is CCCCN1CC(=O)N(Cc2cc(C)cc(C)c2)CC(=O)N(CCN)CC(=O)N(Cc2cc(C)cc(C)c2)CC(=O)N(CCN)CC(=O)N(Cc2cc(C)cc(C)c2)CC1=O. The first-order chi connectivity index (χ1) is 29.0. The maximum absolute atomic E-state index is 14.5. The lowest BCUT2D eigenvalue weighted by Crippen LogP contribution is -2.54. The number of unbranched alkanes of at least 4 members (excludes halogenated alkanes) is 1. The van der Waals surface area contributed by atoms with Crippen LogP contribution in [0.1, 0.15) is 69.8 Å². The van der Waals surface area contributed by atoms with E-state index in [0.717, 1.165) is 56.5 Å². The predicted octanol–water partition coefficient (Wildman–Crippen LogP) is 3.14. The van der Waals surface area contributed by atoms with E-state index in [0.29, 0.717) is 6.42 Å². The standard InChI is InChI=1S/C47H66N8O6/c1-8-9-12-50-27-45(59)54(25-40-20-35(4)16-36(5)21-40)31-43(57)52(14-11-49)29-47(61)55(26-41-22-37(6)17-38(7)23-41)32-44(58)51(13-10-48)28-46(60)53(30-42(50)56)24-39-18-33(2)15-34(3)19-39/h15-23H,8-14,24-32,48-49H2,1-7H3. The third-order valence-electron chi connectivity index (χ3n) is 10.6. The molecule has 0 aliphatic carbocycles. The molecule has 0 bridgehead atoms. The van der Waals surface area contributed by atoms with Gasteiger partial charge in [-0.15, -0.1) is 0 Å². The molecule has 330 valence electrons. The summed E-state index contributed by atoms with van der Waals surface area (Å²) in [7, 11) is 0. The summed E-state index contributed by atoms with van der Waals surface area (Å²) in [6.45, 7) is 12.0. The Morgan fingerprint density at radius 3 is 0.852 bits per heavy atom. The van der Waals surface area contributed by atoms with Gasteiger partial charge in [-0.3, -0.25) is 28.8 Å². The highest BCUT2D eigenvalue weighted by molar-refractivity contribution is 5.94. The van der Waals surface area contributed by atoms with Crippen molar-refractivity contribution in [3.63, 3.8) is 0 Å². The summed E-state index contributed by atoms with van der Waals surface area (Å²) < 4.78 is 0. The lowest BCUT2D eigenvalue weighted by Gasteiger charge is -2.33. The molecule has 6 amide bonds. The number of nitrogens with two attached hydrogens (primary N) is 2. The highest BCUT2D eigenvalue weighted by Gasteiger charge is 2.31. The molecule has 0 spiro atoms. The van der Waals surface area contributed by atoms with Gasteiger partial charge in [0.25, 0.3) is 0 Å². The molecule has 3 aromatic rings. The first-order valence-electron chi connectivity index (χ1n) is 21.3. The van der Waals surface area contributed by atoms with Crippen LogP contribution >= 0.6 is 0 Å². The quantitative estimate of drug-likeness (QED) is 0.264. The molecule has 4 rings (SSSR count). The van der Waals surface area contributed by atoms with E-state index in [1.54, 1.807) is 0 Å². The molecule has 1 aliphatic rings. The highest BCUT2D eigenvalue weighted by atomic mass is 16.2. The molecule has 14 heteroatoms. The van der Waals surface area contributed by atoms with Crippen molar-refractivity contribution >= 4 is 35.4 Å². The molecule has 1 saturated heterocycles. The van der Waals surface area contributed by atoms with Gasteiger partial charge in [0.1, 0.15) is 19.6 Å². The Hall–Kier alpha value is -5.60. The third kappa shape index (κ3) is 14.8. The number of carbonyl (C=O) groups excluding carboxylic acids is 6. The number of hydrogen-bond donors (Lipinski definition) is 2. The zero-order valence-electron chi connectivity index (χ0n) is 37.3. The molecule has 3 aromatic carbocycles. The van der Waals surface area contributed by atoms with E-state index in [2.05, 4.69) is 0 Å². The molecule has 0 saturated carbocycles. The number of amides is 6. The molecule has 0 atom stereocenters. The van der Waals surface area contributed by atoms with Crippen molar-refractivity contribution in [2.45, 2.75) is 80.9 Å². The minimum Gasteiger partial charge on any atom is -0.332 e. The van der Waals surface area contributed by atoms with Gasteiger partial charge in [-0.1, -0.05) is 101 Å². The van der Waals surface area contributed by atoms with Crippen LogP contribution in [-0.2, 0) is 48.4 Å².